The largest absolute Gasteiger partial charge is 0.504 e. The number of carbonyl (C=O) groups excluding carboxylic acids is 2. The second kappa shape index (κ2) is 8.06. The summed E-state index contributed by atoms with van der Waals surface area (Å²) in [6.45, 7) is 0.691. The summed E-state index contributed by atoms with van der Waals surface area (Å²) in [5.74, 6) is -1.07. The fraction of sp³-hybridized carbons (Fsp3) is 0.407. The van der Waals surface area contributed by atoms with Gasteiger partial charge < -0.3 is 34.4 Å². The molecule has 2 aromatic carbocycles. The number of hydrogen-bond donors (Lipinski definition) is 3. The van der Waals surface area contributed by atoms with E-state index < -0.39 is 41.6 Å². The standard InChI is InChI=1S/C27H27NO8/c1-28-12-11-26-22-15-7-8-17(29)23(22)36-24(26)19(9-10-27(26,33)20(28)13-15)35-25(32)18(30)14-21(31)34-16-5-3-2-4-6-16/h2-9,18,20,24,29-30,33H,10-14H2,1H3/t18?,20-,24+,26+,27-/m1/s1. The third kappa shape index (κ3) is 3.13. The van der Waals surface area contributed by atoms with Crippen molar-refractivity contribution in [2.75, 3.05) is 13.6 Å². The molecule has 9 nitrogen and oxygen atoms in total. The van der Waals surface area contributed by atoms with Crippen LogP contribution in [0.25, 0.3) is 0 Å². The number of nitrogens with zero attached hydrogens (tertiary/aromatic N) is 1. The third-order valence-corrected chi connectivity index (χ3v) is 8.18. The quantitative estimate of drug-likeness (QED) is 0.420. The second-order valence-electron chi connectivity index (χ2n) is 10.0. The number of ether oxygens (including phenoxy) is 3. The molecule has 2 aliphatic carbocycles. The van der Waals surface area contributed by atoms with E-state index in [1.165, 1.54) is 0 Å². The second-order valence-corrected chi connectivity index (χ2v) is 10.0. The lowest BCUT2D eigenvalue weighted by Crippen LogP contribution is -2.74. The normalized spacial score (nSPS) is 30.5. The number of carbonyl (C=O) groups is 2. The van der Waals surface area contributed by atoms with E-state index in [4.69, 9.17) is 14.2 Å². The van der Waals surface area contributed by atoms with E-state index in [0.29, 0.717) is 30.9 Å². The Morgan fingerprint density at radius 1 is 1.19 bits per heavy atom. The summed E-state index contributed by atoms with van der Waals surface area (Å²) in [5.41, 5.74) is -0.339. The van der Waals surface area contributed by atoms with Crippen LogP contribution in [0.3, 0.4) is 0 Å². The van der Waals surface area contributed by atoms with Crippen LogP contribution in [0.5, 0.6) is 17.2 Å². The molecule has 2 bridgehead atoms. The third-order valence-electron chi connectivity index (χ3n) is 8.18. The first kappa shape index (κ1) is 23.0. The number of para-hydroxylation sites is 1. The zero-order valence-corrected chi connectivity index (χ0v) is 19.7. The Balaban J connectivity index is 1.26. The number of phenols is 1. The fourth-order valence-corrected chi connectivity index (χ4v) is 6.52. The van der Waals surface area contributed by atoms with Crippen molar-refractivity contribution < 1.29 is 39.1 Å². The van der Waals surface area contributed by atoms with E-state index in [0.717, 1.165) is 11.1 Å². The minimum absolute atomic E-state index is 0.0355. The van der Waals surface area contributed by atoms with Gasteiger partial charge in [-0.1, -0.05) is 24.3 Å². The Kier molecular flexibility index (Phi) is 5.15. The van der Waals surface area contributed by atoms with E-state index in [2.05, 4.69) is 4.90 Å². The number of rotatable bonds is 5. The molecular weight excluding hydrogens is 466 g/mol. The number of likely N-dealkylation sites (N-methyl/N-ethyl adjacent to an activating group) is 1. The first-order chi connectivity index (χ1) is 17.2. The van der Waals surface area contributed by atoms with Crippen LogP contribution in [0.1, 0.15) is 30.4 Å². The average Bonchev–Trinajstić information content (AvgIpc) is 3.21. The van der Waals surface area contributed by atoms with Crippen molar-refractivity contribution >= 4 is 11.9 Å². The minimum Gasteiger partial charge on any atom is -0.504 e. The lowest BCUT2D eigenvalue weighted by molar-refractivity contribution is -0.172. The highest BCUT2D eigenvalue weighted by molar-refractivity contribution is 5.83. The van der Waals surface area contributed by atoms with Gasteiger partial charge in [-0.25, -0.2) is 4.79 Å². The number of hydrogen-bond acceptors (Lipinski definition) is 9. The Morgan fingerprint density at radius 2 is 1.97 bits per heavy atom. The number of likely N-dealkylation sites (tertiary alicyclic amines) is 1. The maximum atomic E-state index is 12.8. The molecule has 5 atom stereocenters. The highest BCUT2D eigenvalue weighted by Gasteiger charge is 2.72. The van der Waals surface area contributed by atoms with Crippen LogP contribution in [0.2, 0.25) is 0 Å². The predicted molar refractivity (Wildman–Crippen MR) is 125 cm³/mol. The molecule has 1 unspecified atom stereocenters. The molecule has 188 valence electrons. The highest BCUT2D eigenvalue weighted by atomic mass is 16.6. The van der Waals surface area contributed by atoms with Crippen molar-refractivity contribution in [1.82, 2.24) is 4.90 Å². The average molecular weight is 494 g/mol. The van der Waals surface area contributed by atoms with Gasteiger partial charge >= 0.3 is 11.9 Å². The van der Waals surface area contributed by atoms with E-state index in [-0.39, 0.29) is 24.0 Å². The number of aromatic hydroxyl groups is 1. The van der Waals surface area contributed by atoms with Crippen LogP contribution in [-0.2, 0) is 26.2 Å². The van der Waals surface area contributed by atoms with Gasteiger partial charge in [-0.05, 0) is 56.3 Å². The molecule has 6 rings (SSSR count). The zero-order chi connectivity index (χ0) is 25.2. The summed E-state index contributed by atoms with van der Waals surface area (Å²) in [6.07, 6.45) is -0.211. The minimum atomic E-state index is -1.75. The van der Waals surface area contributed by atoms with Crippen molar-refractivity contribution in [2.45, 2.75) is 54.9 Å². The molecule has 0 radical (unpaired) electrons. The lowest BCUT2D eigenvalue weighted by atomic mass is 9.50. The lowest BCUT2D eigenvalue weighted by Gasteiger charge is -2.61. The number of aliphatic hydroxyl groups is 2. The van der Waals surface area contributed by atoms with Crippen molar-refractivity contribution in [3.05, 3.63) is 65.4 Å². The molecule has 0 amide bonds. The monoisotopic (exact) mass is 493 g/mol. The first-order valence-electron chi connectivity index (χ1n) is 12.0. The van der Waals surface area contributed by atoms with Gasteiger partial charge in [0.1, 0.15) is 11.5 Å². The summed E-state index contributed by atoms with van der Waals surface area (Å²) in [4.78, 5) is 27.1. The smallest absolute Gasteiger partial charge is 0.340 e. The number of benzene rings is 2. The Hall–Kier alpha value is -3.40. The van der Waals surface area contributed by atoms with Gasteiger partial charge in [-0.15, -0.1) is 0 Å². The van der Waals surface area contributed by atoms with Gasteiger partial charge in [0.15, 0.2) is 23.7 Å². The van der Waals surface area contributed by atoms with Crippen molar-refractivity contribution in [3.63, 3.8) is 0 Å². The molecule has 0 aromatic heterocycles. The Bertz CT molecular complexity index is 1280. The van der Waals surface area contributed by atoms with E-state index >= 15 is 0 Å². The van der Waals surface area contributed by atoms with Gasteiger partial charge in [0.25, 0.3) is 0 Å². The van der Waals surface area contributed by atoms with Crippen LogP contribution < -0.4 is 9.47 Å². The van der Waals surface area contributed by atoms with E-state index in [1.54, 1.807) is 42.5 Å². The Morgan fingerprint density at radius 3 is 2.75 bits per heavy atom. The summed E-state index contributed by atoms with van der Waals surface area (Å²) < 4.78 is 17.0. The maximum Gasteiger partial charge on any atom is 0.340 e. The maximum absolute atomic E-state index is 12.8. The molecule has 0 saturated carbocycles. The number of piperidine rings is 1. The summed E-state index contributed by atoms with van der Waals surface area (Å²) in [5, 5.41) is 33.1. The van der Waals surface area contributed by atoms with Gasteiger partial charge in [-0.3, -0.25) is 4.79 Å². The molecule has 1 fully saturated rings. The predicted octanol–water partition coefficient (Wildman–Crippen LogP) is 1.57. The van der Waals surface area contributed by atoms with Gasteiger partial charge in [-0.2, -0.15) is 0 Å². The van der Waals surface area contributed by atoms with E-state index in [9.17, 15) is 24.9 Å². The van der Waals surface area contributed by atoms with Crippen LogP contribution in [0.4, 0.5) is 0 Å². The molecule has 3 N–H and O–H groups in total. The van der Waals surface area contributed by atoms with Crippen LogP contribution in [0, 0.1) is 0 Å². The number of esters is 2. The molecule has 4 aliphatic rings. The molecule has 36 heavy (non-hydrogen) atoms. The molecular formula is C27H27NO8. The molecule has 9 heteroatoms. The molecule has 1 saturated heterocycles. The first-order valence-corrected chi connectivity index (χ1v) is 12.0. The Labute approximate surface area is 207 Å². The van der Waals surface area contributed by atoms with Crippen LogP contribution >= 0.6 is 0 Å². The molecule has 2 aromatic rings. The topological polar surface area (TPSA) is 126 Å². The summed E-state index contributed by atoms with van der Waals surface area (Å²) in [7, 11) is 1.98. The zero-order valence-electron chi connectivity index (χ0n) is 19.7. The van der Waals surface area contributed by atoms with E-state index in [1.807, 2.05) is 13.1 Å². The highest BCUT2D eigenvalue weighted by Crippen LogP contribution is 2.65. The number of phenolic OH excluding ortho intramolecular Hbond substituents is 1. The molecule has 2 aliphatic heterocycles. The van der Waals surface area contributed by atoms with Gasteiger partial charge in [0.05, 0.1) is 17.4 Å². The van der Waals surface area contributed by atoms with Crippen molar-refractivity contribution in [3.8, 4) is 17.2 Å². The van der Waals surface area contributed by atoms with Gasteiger partial charge in [0.2, 0.25) is 0 Å². The number of aliphatic hydroxyl groups excluding tert-OH is 1. The van der Waals surface area contributed by atoms with Gasteiger partial charge in [0, 0.05) is 18.0 Å². The fourth-order valence-electron chi connectivity index (χ4n) is 6.52. The molecule has 1 spiro atoms. The van der Waals surface area contributed by atoms with Crippen molar-refractivity contribution in [1.29, 1.82) is 0 Å². The van der Waals surface area contributed by atoms with Crippen LogP contribution in [-0.4, -0.2) is 69.6 Å². The summed E-state index contributed by atoms with van der Waals surface area (Å²) in [6, 6.07) is 11.6. The van der Waals surface area contributed by atoms with Crippen molar-refractivity contribution in [2.24, 2.45) is 0 Å². The van der Waals surface area contributed by atoms with Crippen LogP contribution in [0.15, 0.2) is 54.3 Å². The SMILES string of the molecule is CN1CC[C@]23c4c5ccc(O)c4O[C@H]2C(OC(=O)C(O)CC(=O)Oc2ccccc2)=CC[C@@]3(O)[C@H]1C5. The molecule has 2 heterocycles. The summed E-state index contributed by atoms with van der Waals surface area (Å²) >= 11 is 0.